The van der Waals surface area contributed by atoms with Crippen molar-refractivity contribution in [1.82, 2.24) is 5.32 Å². The average Bonchev–Trinajstić information content (AvgIpc) is 2.75. The Morgan fingerprint density at radius 2 is 2.17 bits per heavy atom. The molecule has 3 atom stereocenters. The molecule has 1 saturated carbocycles. The van der Waals surface area contributed by atoms with Crippen LogP contribution in [0.2, 0.25) is 0 Å². The van der Waals surface area contributed by atoms with E-state index in [0.717, 1.165) is 29.5 Å². The lowest BCUT2D eigenvalue weighted by atomic mass is 9.97. The maximum atomic E-state index is 13.5. The Kier molecular flexibility index (Phi) is 4.39. The summed E-state index contributed by atoms with van der Waals surface area (Å²) in [6.07, 6.45) is 4.06. The maximum absolute atomic E-state index is 13.5. The van der Waals surface area contributed by atoms with Crippen LogP contribution in [0.3, 0.4) is 0 Å². The summed E-state index contributed by atoms with van der Waals surface area (Å²) in [4.78, 5) is 0. The van der Waals surface area contributed by atoms with E-state index < -0.39 is 0 Å². The molecule has 0 aliphatic heterocycles. The lowest BCUT2D eigenvalue weighted by molar-refractivity contribution is 0.374. The van der Waals surface area contributed by atoms with Crippen molar-refractivity contribution in [3.63, 3.8) is 0 Å². The summed E-state index contributed by atoms with van der Waals surface area (Å²) in [6, 6.07) is 5.77. The fourth-order valence-electron chi connectivity index (χ4n) is 2.85. The molecule has 100 valence electrons. The van der Waals surface area contributed by atoms with Gasteiger partial charge < -0.3 is 5.32 Å². The first-order valence-corrected chi connectivity index (χ1v) is 7.07. The topological polar surface area (TPSA) is 12.0 Å². The first-order valence-electron chi connectivity index (χ1n) is 7.07. The van der Waals surface area contributed by atoms with Gasteiger partial charge in [-0.05, 0) is 55.8 Å². The molecular formula is C16H24FN. The van der Waals surface area contributed by atoms with Crippen LogP contribution in [-0.2, 0) is 0 Å². The Hall–Kier alpha value is -0.890. The first-order chi connectivity index (χ1) is 8.58. The molecule has 2 rings (SSSR count). The van der Waals surface area contributed by atoms with Gasteiger partial charge in [-0.15, -0.1) is 0 Å². The molecule has 0 heterocycles. The number of benzene rings is 1. The highest BCUT2D eigenvalue weighted by Gasteiger charge is 2.23. The Morgan fingerprint density at radius 3 is 2.78 bits per heavy atom. The molecule has 1 aliphatic rings. The smallest absolute Gasteiger partial charge is 0.126 e. The van der Waals surface area contributed by atoms with Crippen LogP contribution >= 0.6 is 0 Å². The molecule has 1 aliphatic carbocycles. The molecule has 0 radical (unpaired) electrons. The van der Waals surface area contributed by atoms with Gasteiger partial charge in [0.2, 0.25) is 0 Å². The summed E-state index contributed by atoms with van der Waals surface area (Å²) in [5.74, 6) is 1.53. The van der Waals surface area contributed by atoms with E-state index >= 15 is 0 Å². The zero-order valence-electron chi connectivity index (χ0n) is 11.7. The number of nitrogens with one attached hydrogen (secondary N) is 1. The van der Waals surface area contributed by atoms with Crippen molar-refractivity contribution in [2.45, 2.75) is 46.1 Å². The highest BCUT2D eigenvalue weighted by atomic mass is 19.1. The standard InChI is InChI=1S/C16H24FN/c1-11-5-4-6-15(11)10-18-13(3)14-8-7-12(2)16(17)9-14/h7-9,11,13,15,18H,4-6,10H2,1-3H3. The van der Waals surface area contributed by atoms with Crippen LogP contribution in [-0.4, -0.2) is 6.54 Å². The second kappa shape index (κ2) is 5.83. The fraction of sp³-hybridized carbons (Fsp3) is 0.625. The van der Waals surface area contributed by atoms with Crippen LogP contribution in [0.15, 0.2) is 18.2 Å². The van der Waals surface area contributed by atoms with Gasteiger partial charge >= 0.3 is 0 Å². The van der Waals surface area contributed by atoms with Crippen LogP contribution in [0.4, 0.5) is 4.39 Å². The number of aryl methyl sites for hydroxylation is 1. The SMILES string of the molecule is Cc1ccc(C(C)NCC2CCCC2C)cc1F. The van der Waals surface area contributed by atoms with Gasteiger partial charge in [0.05, 0.1) is 0 Å². The number of rotatable bonds is 4. The minimum absolute atomic E-state index is 0.101. The van der Waals surface area contributed by atoms with E-state index in [0.29, 0.717) is 0 Å². The van der Waals surface area contributed by atoms with Gasteiger partial charge in [-0.25, -0.2) is 4.39 Å². The zero-order valence-corrected chi connectivity index (χ0v) is 11.7. The quantitative estimate of drug-likeness (QED) is 0.842. The summed E-state index contributed by atoms with van der Waals surface area (Å²) in [5, 5.41) is 3.55. The highest BCUT2D eigenvalue weighted by Crippen LogP contribution is 2.31. The minimum Gasteiger partial charge on any atom is -0.310 e. The van der Waals surface area contributed by atoms with Crippen LogP contribution in [0, 0.1) is 24.6 Å². The monoisotopic (exact) mass is 249 g/mol. The fourth-order valence-corrected chi connectivity index (χ4v) is 2.85. The van der Waals surface area contributed by atoms with E-state index in [1.165, 1.54) is 19.3 Å². The Labute approximate surface area is 110 Å². The van der Waals surface area contributed by atoms with Gasteiger partial charge in [0.25, 0.3) is 0 Å². The summed E-state index contributed by atoms with van der Waals surface area (Å²) in [7, 11) is 0. The van der Waals surface area contributed by atoms with Crippen molar-refractivity contribution in [2.24, 2.45) is 11.8 Å². The van der Waals surface area contributed by atoms with Crippen molar-refractivity contribution >= 4 is 0 Å². The predicted octanol–water partition coefficient (Wildman–Crippen LogP) is 4.22. The van der Waals surface area contributed by atoms with E-state index in [-0.39, 0.29) is 11.9 Å². The summed E-state index contributed by atoms with van der Waals surface area (Å²) in [5.41, 5.74) is 1.76. The van der Waals surface area contributed by atoms with Crippen molar-refractivity contribution in [3.8, 4) is 0 Å². The predicted molar refractivity (Wildman–Crippen MR) is 74.1 cm³/mol. The van der Waals surface area contributed by atoms with E-state index in [2.05, 4.69) is 19.2 Å². The summed E-state index contributed by atoms with van der Waals surface area (Å²) in [6.45, 7) is 7.31. The van der Waals surface area contributed by atoms with Gasteiger partial charge in [0.1, 0.15) is 5.82 Å². The third-order valence-electron chi connectivity index (χ3n) is 4.42. The van der Waals surface area contributed by atoms with Crippen molar-refractivity contribution < 1.29 is 4.39 Å². The van der Waals surface area contributed by atoms with Gasteiger partial charge in [0, 0.05) is 6.04 Å². The van der Waals surface area contributed by atoms with Crippen LogP contribution in [0.5, 0.6) is 0 Å². The highest BCUT2D eigenvalue weighted by molar-refractivity contribution is 5.25. The Morgan fingerprint density at radius 1 is 1.39 bits per heavy atom. The second-order valence-corrected chi connectivity index (χ2v) is 5.81. The summed E-state index contributed by atoms with van der Waals surface area (Å²) < 4.78 is 13.5. The lowest BCUT2D eigenvalue weighted by Gasteiger charge is -2.20. The lowest BCUT2D eigenvalue weighted by Crippen LogP contribution is -2.27. The molecule has 0 amide bonds. The normalized spacial score (nSPS) is 25.3. The molecule has 0 aromatic heterocycles. The van der Waals surface area contributed by atoms with E-state index in [1.54, 1.807) is 13.0 Å². The Balaban J connectivity index is 1.90. The van der Waals surface area contributed by atoms with Gasteiger partial charge in [0.15, 0.2) is 0 Å². The largest absolute Gasteiger partial charge is 0.310 e. The molecule has 0 bridgehead atoms. The third-order valence-corrected chi connectivity index (χ3v) is 4.42. The van der Waals surface area contributed by atoms with Gasteiger partial charge in [-0.2, -0.15) is 0 Å². The van der Waals surface area contributed by atoms with Gasteiger partial charge in [-0.3, -0.25) is 0 Å². The third kappa shape index (κ3) is 3.11. The van der Waals surface area contributed by atoms with Crippen LogP contribution in [0.1, 0.15) is 50.3 Å². The molecule has 0 spiro atoms. The van der Waals surface area contributed by atoms with Crippen molar-refractivity contribution in [2.75, 3.05) is 6.54 Å². The number of hydrogen-bond donors (Lipinski definition) is 1. The second-order valence-electron chi connectivity index (χ2n) is 5.81. The molecule has 0 saturated heterocycles. The molecule has 18 heavy (non-hydrogen) atoms. The molecule has 1 aromatic carbocycles. The Bertz CT molecular complexity index is 402. The van der Waals surface area contributed by atoms with E-state index in [4.69, 9.17) is 0 Å². The van der Waals surface area contributed by atoms with Gasteiger partial charge in [-0.1, -0.05) is 31.9 Å². The zero-order chi connectivity index (χ0) is 13.1. The number of hydrogen-bond acceptors (Lipinski definition) is 1. The van der Waals surface area contributed by atoms with Crippen LogP contribution < -0.4 is 5.32 Å². The average molecular weight is 249 g/mol. The molecule has 2 heteroatoms. The van der Waals surface area contributed by atoms with Crippen LogP contribution in [0.25, 0.3) is 0 Å². The molecule has 3 unspecified atom stereocenters. The summed E-state index contributed by atoms with van der Waals surface area (Å²) >= 11 is 0. The van der Waals surface area contributed by atoms with Crippen molar-refractivity contribution in [1.29, 1.82) is 0 Å². The van der Waals surface area contributed by atoms with E-state index in [1.807, 2.05) is 12.1 Å². The van der Waals surface area contributed by atoms with Crippen molar-refractivity contribution in [3.05, 3.63) is 35.1 Å². The minimum atomic E-state index is -0.101. The molecule has 1 aromatic rings. The maximum Gasteiger partial charge on any atom is 0.126 e. The number of halogens is 1. The molecule has 1 nitrogen and oxygen atoms in total. The first kappa shape index (κ1) is 13.5. The molecular weight excluding hydrogens is 225 g/mol. The molecule has 1 fully saturated rings. The molecule has 1 N–H and O–H groups in total. The van der Waals surface area contributed by atoms with E-state index in [9.17, 15) is 4.39 Å².